The number of nitrogens with zero attached hydrogens (tertiary/aromatic N) is 2. The molecule has 0 amide bonds. The van der Waals surface area contributed by atoms with Crippen LogP contribution >= 0.6 is 11.8 Å². The molecule has 1 atom stereocenters. The highest BCUT2D eigenvalue weighted by Crippen LogP contribution is 2.20. The van der Waals surface area contributed by atoms with Crippen LogP contribution in [0.2, 0.25) is 0 Å². The number of nitrogens with one attached hydrogen (secondary N) is 1. The molecule has 1 aromatic heterocycles. The lowest BCUT2D eigenvalue weighted by molar-refractivity contribution is 0.599. The van der Waals surface area contributed by atoms with Gasteiger partial charge in [0.05, 0.1) is 6.20 Å². The minimum Gasteiger partial charge on any atom is -0.312 e. The van der Waals surface area contributed by atoms with E-state index in [4.69, 9.17) is 0 Å². The number of hydrogen-bond acceptors (Lipinski definition) is 3. The van der Waals surface area contributed by atoms with Crippen molar-refractivity contribution in [1.82, 2.24) is 15.1 Å². The smallest absolute Gasteiger partial charge is 0.0537 e. The second kappa shape index (κ2) is 6.97. The lowest BCUT2D eigenvalue weighted by atomic mass is 10.2. The zero-order valence-corrected chi connectivity index (χ0v) is 11.5. The maximum atomic E-state index is 4.37. The van der Waals surface area contributed by atoms with Gasteiger partial charge in [-0.3, -0.25) is 4.68 Å². The first-order valence-corrected chi connectivity index (χ1v) is 7.03. The fraction of sp³-hybridized carbons (Fsp3) is 0.750. The summed E-state index contributed by atoms with van der Waals surface area (Å²) in [7, 11) is 2.02. The molecule has 92 valence electrons. The van der Waals surface area contributed by atoms with Crippen LogP contribution in [-0.2, 0) is 6.54 Å². The molecule has 0 aliphatic heterocycles. The summed E-state index contributed by atoms with van der Waals surface area (Å²) in [5.41, 5.74) is 1.30. The summed E-state index contributed by atoms with van der Waals surface area (Å²) in [5, 5.41) is 8.41. The highest BCUT2D eigenvalue weighted by atomic mass is 32.2. The molecule has 1 heterocycles. The minimum atomic E-state index is 0.415. The van der Waals surface area contributed by atoms with Crippen LogP contribution in [0.5, 0.6) is 0 Å². The van der Waals surface area contributed by atoms with Crippen molar-refractivity contribution in [2.45, 2.75) is 45.0 Å². The Hall–Kier alpha value is -0.480. The first kappa shape index (κ1) is 13.6. The first-order valence-electron chi connectivity index (χ1n) is 5.98. The Kier molecular flexibility index (Phi) is 5.91. The average molecular weight is 241 g/mol. The molecular formula is C12H23N3S. The SMILES string of the molecule is CCCn1cc(C(CSC(C)C)NC)cn1. The van der Waals surface area contributed by atoms with Crippen LogP contribution in [-0.4, -0.2) is 27.8 Å². The van der Waals surface area contributed by atoms with E-state index >= 15 is 0 Å². The van der Waals surface area contributed by atoms with Crippen molar-refractivity contribution in [2.75, 3.05) is 12.8 Å². The highest BCUT2D eigenvalue weighted by molar-refractivity contribution is 7.99. The normalized spacial score (nSPS) is 13.3. The predicted molar refractivity (Wildman–Crippen MR) is 71.9 cm³/mol. The molecule has 3 nitrogen and oxygen atoms in total. The topological polar surface area (TPSA) is 29.9 Å². The molecule has 1 rings (SSSR count). The van der Waals surface area contributed by atoms with Crippen LogP contribution < -0.4 is 5.32 Å². The molecule has 0 aliphatic carbocycles. The van der Waals surface area contributed by atoms with Crippen molar-refractivity contribution in [3.8, 4) is 0 Å². The van der Waals surface area contributed by atoms with E-state index < -0.39 is 0 Å². The molecule has 0 bridgehead atoms. The van der Waals surface area contributed by atoms with Crippen molar-refractivity contribution in [2.24, 2.45) is 0 Å². The van der Waals surface area contributed by atoms with Gasteiger partial charge >= 0.3 is 0 Å². The molecule has 0 spiro atoms. The van der Waals surface area contributed by atoms with Crippen LogP contribution in [0.4, 0.5) is 0 Å². The number of thioether (sulfide) groups is 1. The van der Waals surface area contributed by atoms with Crippen LogP contribution in [0.3, 0.4) is 0 Å². The van der Waals surface area contributed by atoms with Gasteiger partial charge in [-0.2, -0.15) is 16.9 Å². The van der Waals surface area contributed by atoms with Gasteiger partial charge in [0.2, 0.25) is 0 Å². The Morgan fingerprint density at radius 1 is 1.50 bits per heavy atom. The zero-order chi connectivity index (χ0) is 12.0. The third-order valence-corrected chi connectivity index (χ3v) is 3.65. The summed E-state index contributed by atoms with van der Waals surface area (Å²) in [5.74, 6) is 1.10. The summed E-state index contributed by atoms with van der Waals surface area (Å²) in [6.07, 6.45) is 5.27. The van der Waals surface area contributed by atoms with Crippen LogP contribution in [0.25, 0.3) is 0 Å². The number of hydrogen-bond donors (Lipinski definition) is 1. The average Bonchev–Trinajstić information content (AvgIpc) is 2.68. The van der Waals surface area contributed by atoms with Gasteiger partial charge in [-0.05, 0) is 18.7 Å². The Morgan fingerprint density at radius 3 is 2.81 bits per heavy atom. The number of rotatable bonds is 7. The van der Waals surface area contributed by atoms with Crippen molar-refractivity contribution in [3.05, 3.63) is 18.0 Å². The molecule has 16 heavy (non-hydrogen) atoms. The van der Waals surface area contributed by atoms with Crippen LogP contribution in [0, 0.1) is 0 Å². The Balaban J connectivity index is 2.56. The Labute approximate surface area is 103 Å². The summed E-state index contributed by atoms with van der Waals surface area (Å²) in [4.78, 5) is 0. The van der Waals surface area contributed by atoms with Crippen LogP contribution in [0.15, 0.2) is 12.4 Å². The molecule has 0 aliphatic rings. The third kappa shape index (κ3) is 4.18. The first-order chi connectivity index (χ1) is 7.67. The predicted octanol–water partition coefficient (Wildman–Crippen LogP) is 2.70. The standard InChI is InChI=1S/C12H23N3S/c1-5-6-15-8-11(7-14-15)12(13-4)9-16-10(2)3/h7-8,10,12-13H,5-6,9H2,1-4H3. The molecule has 0 fully saturated rings. The largest absolute Gasteiger partial charge is 0.312 e. The maximum absolute atomic E-state index is 4.37. The van der Waals surface area contributed by atoms with E-state index in [2.05, 4.69) is 37.4 Å². The molecular weight excluding hydrogens is 218 g/mol. The lowest BCUT2D eigenvalue weighted by Crippen LogP contribution is -2.19. The fourth-order valence-electron chi connectivity index (χ4n) is 1.55. The molecule has 1 unspecified atom stereocenters. The fourth-order valence-corrected chi connectivity index (χ4v) is 2.48. The van der Waals surface area contributed by atoms with E-state index in [9.17, 15) is 0 Å². The Morgan fingerprint density at radius 2 is 2.25 bits per heavy atom. The summed E-state index contributed by atoms with van der Waals surface area (Å²) < 4.78 is 2.03. The number of aromatic nitrogens is 2. The van der Waals surface area contributed by atoms with Gasteiger partial charge in [-0.25, -0.2) is 0 Å². The third-order valence-electron chi connectivity index (χ3n) is 2.45. The Bertz CT molecular complexity index is 296. The second-order valence-corrected chi connectivity index (χ2v) is 5.87. The maximum Gasteiger partial charge on any atom is 0.0537 e. The van der Waals surface area contributed by atoms with Crippen LogP contribution in [0.1, 0.15) is 38.8 Å². The van der Waals surface area contributed by atoms with Crippen molar-refractivity contribution in [3.63, 3.8) is 0 Å². The summed E-state index contributed by atoms with van der Waals surface area (Å²) in [6, 6.07) is 0.415. The quantitative estimate of drug-likeness (QED) is 0.796. The van der Waals surface area contributed by atoms with Crippen molar-refractivity contribution < 1.29 is 0 Å². The van der Waals surface area contributed by atoms with E-state index in [1.807, 2.05) is 29.7 Å². The summed E-state index contributed by atoms with van der Waals surface area (Å²) in [6.45, 7) is 7.65. The van der Waals surface area contributed by atoms with E-state index in [0.29, 0.717) is 11.3 Å². The molecule has 1 N–H and O–H groups in total. The molecule has 0 saturated heterocycles. The van der Waals surface area contributed by atoms with Gasteiger partial charge < -0.3 is 5.32 Å². The molecule has 1 aromatic rings. The van der Waals surface area contributed by atoms with Crippen molar-refractivity contribution >= 4 is 11.8 Å². The summed E-state index contributed by atoms with van der Waals surface area (Å²) >= 11 is 1.98. The molecule has 4 heteroatoms. The lowest BCUT2D eigenvalue weighted by Gasteiger charge is -2.15. The zero-order valence-electron chi connectivity index (χ0n) is 10.7. The highest BCUT2D eigenvalue weighted by Gasteiger charge is 2.12. The van der Waals surface area contributed by atoms with Gasteiger partial charge in [0.15, 0.2) is 0 Å². The molecule has 0 saturated carbocycles. The van der Waals surface area contributed by atoms with E-state index in [-0.39, 0.29) is 0 Å². The van der Waals surface area contributed by atoms with E-state index in [1.54, 1.807) is 0 Å². The minimum absolute atomic E-state index is 0.415. The molecule has 0 aromatic carbocycles. The van der Waals surface area contributed by atoms with Gasteiger partial charge in [0, 0.05) is 30.1 Å². The van der Waals surface area contributed by atoms with Gasteiger partial charge in [0.25, 0.3) is 0 Å². The molecule has 0 radical (unpaired) electrons. The van der Waals surface area contributed by atoms with E-state index in [0.717, 1.165) is 18.7 Å². The van der Waals surface area contributed by atoms with Gasteiger partial charge in [0.1, 0.15) is 0 Å². The van der Waals surface area contributed by atoms with E-state index in [1.165, 1.54) is 5.56 Å². The van der Waals surface area contributed by atoms with Gasteiger partial charge in [-0.1, -0.05) is 20.8 Å². The van der Waals surface area contributed by atoms with Crippen molar-refractivity contribution in [1.29, 1.82) is 0 Å². The monoisotopic (exact) mass is 241 g/mol. The number of aryl methyl sites for hydroxylation is 1. The second-order valence-electron chi connectivity index (χ2n) is 4.26. The van der Waals surface area contributed by atoms with Gasteiger partial charge in [-0.15, -0.1) is 0 Å².